The number of para-hydroxylation sites is 2. The number of hydrogen-bond acceptors (Lipinski definition) is 7. The number of amides is 1. The molecule has 1 saturated heterocycles. The van der Waals surface area contributed by atoms with Crippen molar-refractivity contribution < 1.29 is 13.9 Å². The molecule has 180 valence electrons. The summed E-state index contributed by atoms with van der Waals surface area (Å²) in [6.45, 7) is 4.10. The van der Waals surface area contributed by atoms with Crippen LogP contribution in [0.3, 0.4) is 0 Å². The molecule has 0 bridgehead atoms. The zero-order valence-corrected chi connectivity index (χ0v) is 20.4. The van der Waals surface area contributed by atoms with E-state index in [2.05, 4.69) is 39.4 Å². The minimum absolute atomic E-state index is 0.100. The van der Waals surface area contributed by atoms with Crippen molar-refractivity contribution in [2.75, 3.05) is 39.0 Å². The molecule has 0 unspecified atom stereocenters. The molecule has 1 aliphatic heterocycles. The lowest BCUT2D eigenvalue weighted by Crippen LogP contribution is -2.48. The van der Waals surface area contributed by atoms with E-state index in [1.54, 1.807) is 13.4 Å². The van der Waals surface area contributed by atoms with Crippen LogP contribution < -0.4 is 4.74 Å². The molecule has 1 amide bonds. The lowest BCUT2D eigenvalue weighted by atomic mass is 10.2. The Balaban J connectivity index is 1.26. The van der Waals surface area contributed by atoms with Crippen molar-refractivity contribution in [2.45, 2.75) is 11.7 Å². The van der Waals surface area contributed by atoms with Crippen molar-refractivity contribution in [3.8, 4) is 23.0 Å². The van der Waals surface area contributed by atoms with Crippen molar-refractivity contribution in [2.24, 2.45) is 0 Å². The van der Waals surface area contributed by atoms with Gasteiger partial charge >= 0.3 is 0 Å². The van der Waals surface area contributed by atoms with Gasteiger partial charge in [-0.1, -0.05) is 54.2 Å². The SMILES string of the molecule is COc1ccccc1-n1c(SCC(=O)N2CCN(Cc3ccccc3)CC2)nnc1-c1ccco1. The molecular formula is C26H27N5O3S. The third-order valence-corrected chi connectivity index (χ3v) is 6.91. The highest BCUT2D eigenvalue weighted by atomic mass is 32.2. The number of hydrogen-bond donors (Lipinski definition) is 0. The topological polar surface area (TPSA) is 76.6 Å². The molecule has 5 rings (SSSR count). The van der Waals surface area contributed by atoms with Crippen LogP contribution in [0.5, 0.6) is 5.75 Å². The first kappa shape index (κ1) is 23.2. The molecule has 0 N–H and O–H groups in total. The fourth-order valence-electron chi connectivity index (χ4n) is 4.18. The summed E-state index contributed by atoms with van der Waals surface area (Å²) in [6, 6.07) is 21.7. The molecule has 1 fully saturated rings. The molecule has 8 nitrogen and oxygen atoms in total. The van der Waals surface area contributed by atoms with Crippen molar-refractivity contribution in [3.63, 3.8) is 0 Å². The van der Waals surface area contributed by atoms with E-state index in [0.29, 0.717) is 22.5 Å². The van der Waals surface area contributed by atoms with E-state index in [9.17, 15) is 4.79 Å². The first-order chi connectivity index (χ1) is 17.2. The molecule has 9 heteroatoms. The number of aromatic nitrogens is 3. The Morgan fingerprint density at radius 3 is 2.49 bits per heavy atom. The summed E-state index contributed by atoms with van der Waals surface area (Å²) in [5.41, 5.74) is 2.08. The molecule has 0 aliphatic carbocycles. The van der Waals surface area contributed by atoms with Crippen LogP contribution in [0.25, 0.3) is 17.3 Å². The van der Waals surface area contributed by atoms with Gasteiger partial charge in [0.15, 0.2) is 10.9 Å². The third kappa shape index (κ3) is 5.26. The zero-order valence-electron chi connectivity index (χ0n) is 19.5. The molecule has 0 spiro atoms. The number of thioether (sulfide) groups is 1. The van der Waals surface area contributed by atoms with Crippen LogP contribution in [-0.2, 0) is 11.3 Å². The smallest absolute Gasteiger partial charge is 0.233 e. The number of furan rings is 1. The summed E-state index contributed by atoms with van der Waals surface area (Å²) < 4.78 is 13.0. The lowest BCUT2D eigenvalue weighted by molar-refractivity contribution is -0.130. The summed E-state index contributed by atoms with van der Waals surface area (Å²) in [6.07, 6.45) is 1.60. The number of piperazine rings is 1. The van der Waals surface area contributed by atoms with Gasteiger partial charge in [-0.3, -0.25) is 14.3 Å². The summed E-state index contributed by atoms with van der Waals surface area (Å²) in [7, 11) is 1.63. The van der Waals surface area contributed by atoms with Crippen molar-refractivity contribution in [1.82, 2.24) is 24.6 Å². The molecule has 1 aliphatic rings. The second-order valence-corrected chi connectivity index (χ2v) is 9.16. The molecule has 2 aromatic carbocycles. The molecule has 0 saturated carbocycles. The summed E-state index contributed by atoms with van der Waals surface area (Å²) in [5.74, 6) is 2.22. The summed E-state index contributed by atoms with van der Waals surface area (Å²) >= 11 is 1.37. The number of carbonyl (C=O) groups excluding carboxylic acids is 1. The minimum atomic E-state index is 0.100. The van der Waals surface area contributed by atoms with Gasteiger partial charge in [0.05, 0.1) is 24.8 Å². The van der Waals surface area contributed by atoms with Crippen LogP contribution >= 0.6 is 11.8 Å². The van der Waals surface area contributed by atoms with E-state index in [4.69, 9.17) is 9.15 Å². The van der Waals surface area contributed by atoms with Crippen LogP contribution in [0.2, 0.25) is 0 Å². The van der Waals surface area contributed by atoms with E-state index in [0.717, 1.165) is 38.4 Å². The van der Waals surface area contributed by atoms with Gasteiger partial charge in [-0.2, -0.15) is 0 Å². The van der Waals surface area contributed by atoms with Gasteiger partial charge < -0.3 is 14.1 Å². The second kappa shape index (κ2) is 10.8. The first-order valence-electron chi connectivity index (χ1n) is 11.5. The van der Waals surface area contributed by atoms with Crippen LogP contribution in [0.4, 0.5) is 0 Å². The van der Waals surface area contributed by atoms with Crippen LogP contribution in [-0.4, -0.2) is 69.5 Å². The van der Waals surface area contributed by atoms with E-state index in [-0.39, 0.29) is 11.7 Å². The number of ether oxygens (including phenoxy) is 1. The monoisotopic (exact) mass is 489 g/mol. The van der Waals surface area contributed by atoms with Crippen LogP contribution in [0.15, 0.2) is 82.6 Å². The van der Waals surface area contributed by atoms with Crippen molar-refractivity contribution >= 4 is 17.7 Å². The maximum atomic E-state index is 13.0. The highest BCUT2D eigenvalue weighted by Gasteiger charge is 2.24. The summed E-state index contributed by atoms with van der Waals surface area (Å²) in [5, 5.41) is 9.35. The molecule has 3 heterocycles. The Hall–Kier alpha value is -3.56. The summed E-state index contributed by atoms with van der Waals surface area (Å²) in [4.78, 5) is 17.4. The molecular weight excluding hydrogens is 462 g/mol. The van der Waals surface area contributed by atoms with E-state index >= 15 is 0 Å². The fraction of sp³-hybridized carbons (Fsp3) is 0.269. The van der Waals surface area contributed by atoms with Crippen molar-refractivity contribution in [3.05, 3.63) is 78.6 Å². The average molecular weight is 490 g/mol. The van der Waals surface area contributed by atoms with E-state index in [1.165, 1.54) is 17.3 Å². The Labute approximate surface area is 208 Å². The Kier molecular flexibility index (Phi) is 7.15. The molecule has 35 heavy (non-hydrogen) atoms. The zero-order chi connectivity index (χ0) is 24.0. The van der Waals surface area contributed by atoms with Gasteiger partial charge in [-0.25, -0.2) is 0 Å². The normalized spacial score (nSPS) is 14.3. The largest absolute Gasteiger partial charge is 0.495 e. The number of benzene rings is 2. The van der Waals surface area contributed by atoms with Gasteiger partial charge in [-0.15, -0.1) is 10.2 Å². The van der Waals surface area contributed by atoms with Crippen molar-refractivity contribution in [1.29, 1.82) is 0 Å². The van der Waals surface area contributed by atoms with Crippen LogP contribution in [0, 0.1) is 0 Å². The molecule has 4 aromatic rings. The quantitative estimate of drug-likeness (QED) is 0.347. The standard InChI is InChI=1S/C26H27N5O3S/c1-33-22-11-6-5-10-21(22)31-25(23-12-7-17-34-23)27-28-26(31)35-19-24(32)30-15-13-29(14-16-30)18-20-8-3-2-4-9-20/h2-12,17H,13-16,18-19H2,1H3. The Bertz CT molecular complexity index is 1250. The second-order valence-electron chi connectivity index (χ2n) is 8.22. The minimum Gasteiger partial charge on any atom is -0.495 e. The number of methoxy groups -OCH3 is 1. The van der Waals surface area contributed by atoms with Gasteiger partial charge in [0.25, 0.3) is 0 Å². The van der Waals surface area contributed by atoms with Crippen LogP contribution in [0.1, 0.15) is 5.56 Å². The van der Waals surface area contributed by atoms with E-state index < -0.39 is 0 Å². The number of carbonyl (C=O) groups is 1. The number of nitrogens with zero attached hydrogens (tertiary/aromatic N) is 5. The average Bonchev–Trinajstić information content (AvgIpc) is 3.58. The van der Waals surface area contributed by atoms with Gasteiger partial charge in [0.1, 0.15) is 5.75 Å². The maximum Gasteiger partial charge on any atom is 0.233 e. The Morgan fingerprint density at radius 2 is 1.74 bits per heavy atom. The lowest BCUT2D eigenvalue weighted by Gasteiger charge is -2.34. The first-order valence-corrected chi connectivity index (χ1v) is 12.5. The van der Waals surface area contributed by atoms with E-state index in [1.807, 2.05) is 51.9 Å². The maximum absolute atomic E-state index is 13.0. The molecule has 2 aromatic heterocycles. The fourth-order valence-corrected chi connectivity index (χ4v) is 5.02. The highest BCUT2D eigenvalue weighted by molar-refractivity contribution is 7.99. The molecule has 0 radical (unpaired) electrons. The van der Waals surface area contributed by atoms with Gasteiger partial charge in [-0.05, 0) is 29.8 Å². The Morgan fingerprint density at radius 1 is 0.971 bits per heavy atom. The number of rotatable bonds is 8. The highest BCUT2D eigenvalue weighted by Crippen LogP contribution is 2.32. The predicted octanol–water partition coefficient (Wildman–Crippen LogP) is 3.97. The third-order valence-electron chi connectivity index (χ3n) is 6.00. The van der Waals surface area contributed by atoms with Gasteiger partial charge in [0.2, 0.25) is 11.7 Å². The molecule has 0 atom stereocenters. The van der Waals surface area contributed by atoms with Gasteiger partial charge in [0, 0.05) is 32.7 Å². The predicted molar refractivity (Wildman–Crippen MR) is 135 cm³/mol.